The minimum atomic E-state index is 0. The van der Waals surface area contributed by atoms with Gasteiger partial charge in [-0.3, -0.25) is 0 Å². The summed E-state index contributed by atoms with van der Waals surface area (Å²) in [5, 5.41) is 3.33. The second kappa shape index (κ2) is 4.45. The van der Waals surface area contributed by atoms with E-state index >= 15 is 0 Å². The van der Waals surface area contributed by atoms with E-state index in [0.29, 0.717) is 6.04 Å². The van der Waals surface area contributed by atoms with E-state index in [1.165, 1.54) is 28.4 Å². The smallest absolute Gasteiger partial charge is 0.0334 e. The van der Waals surface area contributed by atoms with E-state index in [9.17, 15) is 0 Å². The predicted octanol–water partition coefficient (Wildman–Crippen LogP) is 3.08. The minimum Gasteiger partial charge on any atom is -0.313 e. The van der Waals surface area contributed by atoms with Crippen molar-refractivity contribution >= 4 is 28.3 Å². The molecule has 0 saturated carbocycles. The van der Waals surface area contributed by atoms with Gasteiger partial charge in [0.05, 0.1) is 0 Å². The van der Waals surface area contributed by atoms with E-state index in [1.807, 2.05) is 7.05 Å². The van der Waals surface area contributed by atoms with Crippen molar-refractivity contribution in [3.63, 3.8) is 0 Å². The van der Waals surface area contributed by atoms with E-state index in [-0.39, 0.29) is 12.4 Å². The molecule has 72 valence electrons. The van der Waals surface area contributed by atoms with Gasteiger partial charge in [-0.2, -0.15) is 0 Å². The number of fused-ring (bicyclic) bond motifs is 1. The molecule has 0 saturated heterocycles. The van der Waals surface area contributed by atoms with Crippen molar-refractivity contribution in [2.75, 3.05) is 7.05 Å². The van der Waals surface area contributed by atoms with Crippen LogP contribution in [0.3, 0.4) is 0 Å². The molecule has 0 radical (unpaired) electrons. The van der Waals surface area contributed by atoms with E-state index in [4.69, 9.17) is 0 Å². The third-order valence-electron chi connectivity index (χ3n) is 2.54. The molecule has 1 unspecified atom stereocenters. The van der Waals surface area contributed by atoms with Crippen LogP contribution in [-0.2, 0) is 6.42 Å². The van der Waals surface area contributed by atoms with Gasteiger partial charge in [0.1, 0.15) is 0 Å². The van der Waals surface area contributed by atoms with Crippen molar-refractivity contribution in [3.8, 4) is 0 Å². The quantitative estimate of drug-likeness (QED) is 0.820. The Hall–Kier alpha value is -0.0500. The van der Waals surface area contributed by atoms with Crippen molar-refractivity contribution in [2.45, 2.75) is 18.9 Å². The number of nitrogens with one attached hydrogen (secondary N) is 1. The Morgan fingerprint density at radius 1 is 1.46 bits per heavy atom. The van der Waals surface area contributed by atoms with Gasteiger partial charge in [0.15, 0.2) is 0 Å². The number of rotatable bonds is 1. The third kappa shape index (κ3) is 1.90. The van der Waals surface area contributed by atoms with E-state index < -0.39 is 0 Å². The summed E-state index contributed by atoms with van der Waals surface area (Å²) >= 11 is 3.59. The first-order valence-corrected chi connectivity index (χ1v) is 5.07. The lowest BCUT2D eigenvalue weighted by atomic mass is 10.1. The third-order valence-corrected chi connectivity index (χ3v) is 3.23. The van der Waals surface area contributed by atoms with Crippen LogP contribution in [0.15, 0.2) is 22.7 Å². The Morgan fingerprint density at radius 2 is 2.23 bits per heavy atom. The van der Waals surface area contributed by atoms with Gasteiger partial charge in [-0.15, -0.1) is 12.4 Å². The summed E-state index contributed by atoms with van der Waals surface area (Å²) in [5.74, 6) is 0. The molecule has 1 atom stereocenters. The lowest BCUT2D eigenvalue weighted by Gasteiger charge is -2.11. The molecule has 0 spiro atoms. The number of hydrogen-bond donors (Lipinski definition) is 1. The largest absolute Gasteiger partial charge is 0.313 e. The van der Waals surface area contributed by atoms with Crippen LogP contribution in [0, 0.1) is 0 Å². The highest BCUT2D eigenvalue weighted by atomic mass is 79.9. The van der Waals surface area contributed by atoms with Crippen LogP contribution in [0.5, 0.6) is 0 Å². The van der Waals surface area contributed by atoms with Gasteiger partial charge in [-0.05, 0) is 37.1 Å². The number of benzene rings is 1. The fourth-order valence-corrected chi connectivity index (χ4v) is 2.61. The van der Waals surface area contributed by atoms with Crippen LogP contribution in [0.4, 0.5) is 0 Å². The molecule has 0 fully saturated rings. The predicted molar refractivity (Wildman–Crippen MR) is 61.5 cm³/mol. The highest BCUT2D eigenvalue weighted by Crippen LogP contribution is 2.35. The first kappa shape index (κ1) is 11.0. The Kier molecular flexibility index (Phi) is 3.77. The first-order valence-electron chi connectivity index (χ1n) is 4.27. The normalized spacial score (nSPS) is 19.4. The minimum absolute atomic E-state index is 0. The fraction of sp³-hybridized carbons (Fsp3) is 0.400. The highest BCUT2D eigenvalue weighted by molar-refractivity contribution is 9.10. The molecule has 1 aromatic rings. The zero-order chi connectivity index (χ0) is 8.55. The SMILES string of the molecule is CNC1CCc2cccc(Br)c21.Cl. The average Bonchev–Trinajstić information content (AvgIpc) is 2.49. The summed E-state index contributed by atoms with van der Waals surface area (Å²) in [6.45, 7) is 0. The summed E-state index contributed by atoms with van der Waals surface area (Å²) in [5.41, 5.74) is 2.95. The van der Waals surface area contributed by atoms with Crippen LogP contribution < -0.4 is 5.32 Å². The van der Waals surface area contributed by atoms with Gasteiger partial charge in [-0.25, -0.2) is 0 Å². The molecular weight excluding hydrogens is 249 g/mol. The molecule has 0 amide bonds. The number of halogens is 2. The molecule has 2 rings (SSSR count). The summed E-state index contributed by atoms with van der Waals surface area (Å²) in [6, 6.07) is 7.00. The summed E-state index contributed by atoms with van der Waals surface area (Å²) in [6.07, 6.45) is 2.44. The molecule has 3 heteroatoms. The monoisotopic (exact) mass is 261 g/mol. The second-order valence-corrected chi connectivity index (χ2v) is 4.05. The second-order valence-electron chi connectivity index (χ2n) is 3.19. The maximum absolute atomic E-state index is 3.59. The van der Waals surface area contributed by atoms with Gasteiger partial charge in [0.25, 0.3) is 0 Å². The lowest BCUT2D eigenvalue weighted by Crippen LogP contribution is -2.13. The van der Waals surface area contributed by atoms with Gasteiger partial charge in [0, 0.05) is 10.5 Å². The topological polar surface area (TPSA) is 12.0 Å². The van der Waals surface area contributed by atoms with Gasteiger partial charge in [0.2, 0.25) is 0 Å². The summed E-state index contributed by atoms with van der Waals surface area (Å²) in [7, 11) is 2.03. The summed E-state index contributed by atoms with van der Waals surface area (Å²) in [4.78, 5) is 0. The van der Waals surface area contributed by atoms with Crippen LogP contribution in [0.25, 0.3) is 0 Å². The Morgan fingerprint density at radius 3 is 2.92 bits per heavy atom. The molecule has 0 aromatic heterocycles. The first-order chi connectivity index (χ1) is 5.83. The van der Waals surface area contributed by atoms with Crippen molar-refractivity contribution < 1.29 is 0 Å². The molecule has 0 aliphatic heterocycles. The molecule has 0 heterocycles. The molecule has 1 aliphatic rings. The molecule has 1 N–H and O–H groups in total. The number of hydrogen-bond acceptors (Lipinski definition) is 1. The molecule has 1 nitrogen and oxygen atoms in total. The van der Waals surface area contributed by atoms with Crippen molar-refractivity contribution in [1.82, 2.24) is 5.32 Å². The van der Waals surface area contributed by atoms with Crippen molar-refractivity contribution in [1.29, 1.82) is 0 Å². The van der Waals surface area contributed by atoms with Gasteiger partial charge >= 0.3 is 0 Å². The zero-order valence-electron chi connectivity index (χ0n) is 7.51. The van der Waals surface area contributed by atoms with Crippen molar-refractivity contribution in [2.24, 2.45) is 0 Å². The molecule has 1 aromatic carbocycles. The van der Waals surface area contributed by atoms with Crippen LogP contribution in [0.2, 0.25) is 0 Å². The lowest BCUT2D eigenvalue weighted by molar-refractivity contribution is 0.589. The van der Waals surface area contributed by atoms with Crippen LogP contribution in [-0.4, -0.2) is 7.05 Å². The Labute approximate surface area is 93.5 Å². The molecule has 13 heavy (non-hydrogen) atoms. The Balaban J connectivity index is 0.000000845. The maximum atomic E-state index is 3.59. The van der Waals surface area contributed by atoms with Crippen LogP contribution >= 0.6 is 28.3 Å². The van der Waals surface area contributed by atoms with E-state index in [2.05, 4.69) is 39.4 Å². The maximum Gasteiger partial charge on any atom is 0.0334 e. The van der Waals surface area contributed by atoms with Gasteiger partial charge < -0.3 is 5.32 Å². The fourth-order valence-electron chi connectivity index (χ4n) is 1.92. The average molecular weight is 263 g/mol. The van der Waals surface area contributed by atoms with E-state index in [1.54, 1.807) is 0 Å². The highest BCUT2D eigenvalue weighted by Gasteiger charge is 2.22. The van der Waals surface area contributed by atoms with Crippen LogP contribution in [0.1, 0.15) is 23.6 Å². The standard InChI is InChI=1S/C10H12BrN.ClH/c1-12-9-6-5-7-3-2-4-8(11)10(7)9;/h2-4,9,12H,5-6H2,1H3;1H. The number of aryl methyl sites for hydroxylation is 1. The van der Waals surface area contributed by atoms with Gasteiger partial charge in [-0.1, -0.05) is 28.1 Å². The van der Waals surface area contributed by atoms with E-state index in [0.717, 1.165) is 0 Å². The Bertz CT molecular complexity index is 301. The van der Waals surface area contributed by atoms with Crippen molar-refractivity contribution in [3.05, 3.63) is 33.8 Å². The molecule has 1 aliphatic carbocycles. The molecule has 0 bridgehead atoms. The zero-order valence-corrected chi connectivity index (χ0v) is 9.91. The summed E-state index contributed by atoms with van der Waals surface area (Å²) < 4.78 is 1.25. The molecular formula is C10H13BrClN.